The van der Waals surface area contributed by atoms with E-state index in [-0.39, 0.29) is 0 Å². The molecule has 0 fully saturated rings. The molecule has 0 bridgehead atoms. The van der Waals surface area contributed by atoms with Crippen molar-refractivity contribution in [2.45, 2.75) is 0 Å². The first-order chi connectivity index (χ1) is 9.74. The predicted molar refractivity (Wildman–Crippen MR) is 87.3 cm³/mol. The van der Waals surface area contributed by atoms with Crippen LogP contribution in [0.2, 0.25) is 10.0 Å². The lowest BCUT2D eigenvalue weighted by Crippen LogP contribution is -1.84. The standard InChI is InChI=1S/C18H12Cl2/c19-15-10-8-13(9-11-15)17-6-1-2-7-18(17)14-4-3-5-16(20)12-14/h1-12H. The Morgan fingerprint density at radius 1 is 0.500 bits per heavy atom. The summed E-state index contributed by atoms with van der Waals surface area (Å²) in [5.41, 5.74) is 4.59. The minimum absolute atomic E-state index is 0.744. The van der Waals surface area contributed by atoms with Crippen molar-refractivity contribution in [2.24, 2.45) is 0 Å². The summed E-state index contributed by atoms with van der Waals surface area (Å²) >= 11 is 12.1. The lowest BCUT2D eigenvalue weighted by atomic mass is 9.95. The van der Waals surface area contributed by atoms with E-state index in [9.17, 15) is 0 Å². The smallest absolute Gasteiger partial charge is 0.0412 e. The highest BCUT2D eigenvalue weighted by Gasteiger charge is 2.07. The van der Waals surface area contributed by atoms with Gasteiger partial charge in [0.15, 0.2) is 0 Å². The van der Waals surface area contributed by atoms with Crippen molar-refractivity contribution in [1.29, 1.82) is 0 Å². The molecule has 0 unspecified atom stereocenters. The van der Waals surface area contributed by atoms with Gasteiger partial charge in [-0.1, -0.05) is 71.7 Å². The molecule has 0 atom stereocenters. The van der Waals surface area contributed by atoms with E-state index in [0.29, 0.717) is 0 Å². The maximum Gasteiger partial charge on any atom is 0.0412 e. The summed E-state index contributed by atoms with van der Waals surface area (Å²) in [5.74, 6) is 0. The molecule has 20 heavy (non-hydrogen) atoms. The van der Waals surface area contributed by atoms with E-state index in [1.165, 1.54) is 5.56 Å². The van der Waals surface area contributed by atoms with Gasteiger partial charge in [-0.25, -0.2) is 0 Å². The summed E-state index contributed by atoms with van der Waals surface area (Å²) in [6.07, 6.45) is 0. The molecule has 98 valence electrons. The molecule has 0 N–H and O–H groups in total. The van der Waals surface area contributed by atoms with Gasteiger partial charge in [0.25, 0.3) is 0 Å². The molecule has 0 aliphatic rings. The Kier molecular flexibility index (Phi) is 3.77. The molecule has 0 aliphatic heterocycles. The molecule has 0 aliphatic carbocycles. The van der Waals surface area contributed by atoms with Crippen LogP contribution in [-0.2, 0) is 0 Å². The fraction of sp³-hybridized carbons (Fsp3) is 0. The number of hydrogen-bond acceptors (Lipinski definition) is 0. The van der Waals surface area contributed by atoms with Crippen LogP contribution in [0.1, 0.15) is 0 Å². The Labute approximate surface area is 128 Å². The first-order valence-electron chi connectivity index (χ1n) is 6.35. The summed E-state index contributed by atoms with van der Waals surface area (Å²) in [5, 5.41) is 1.49. The topological polar surface area (TPSA) is 0 Å². The van der Waals surface area contributed by atoms with Crippen molar-refractivity contribution in [3.8, 4) is 22.3 Å². The summed E-state index contributed by atoms with van der Waals surface area (Å²) < 4.78 is 0. The van der Waals surface area contributed by atoms with Crippen molar-refractivity contribution in [1.82, 2.24) is 0 Å². The minimum atomic E-state index is 0.744. The van der Waals surface area contributed by atoms with Gasteiger partial charge in [0.05, 0.1) is 0 Å². The quantitative estimate of drug-likeness (QED) is 0.519. The van der Waals surface area contributed by atoms with E-state index >= 15 is 0 Å². The van der Waals surface area contributed by atoms with Gasteiger partial charge in [-0.2, -0.15) is 0 Å². The van der Waals surface area contributed by atoms with Crippen LogP contribution in [0.3, 0.4) is 0 Å². The van der Waals surface area contributed by atoms with Crippen molar-refractivity contribution in [3.05, 3.63) is 82.8 Å². The molecule has 0 heterocycles. The van der Waals surface area contributed by atoms with Crippen LogP contribution in [-0.4, -0.2) is 0 Å². The lowest BCUT2D eigenvalue weighted by molar-refractivity contribution is 1.58. The van der Waals surface area contributed by atoms with E-state index in [4.69, 9.17) is 23.2 Å². The maximum absolute atomic E-state index is 6.10. The van der Waals surface area contributed by atoms with Gasteiger partial charge in [-0.05, 0) is 46.5 Å². The zero-order valence-corrected chi connectivity index (χ0v) is 12.2. The average Bonchev–Trinajstić information content (AvgIpc) is 2.48. The second kappa shape index (κ2) is 5.70. The molecular weight excluding hydrogens is 287 g/mol. The third kappa shape index (κ3) is 2.72. The van der Waals surface area contributed by atoms with Crippen LogP contribution in [0.15, 0.2) is 72.8 Å². The second-order valence-corrected chi connectivity index (χ2v) is 5.44. The van der Waals surface area contributed by atoms with Gasteiger partial charge in [-0.3, -0.25) is 0 Å². The molecule has 2 heteroatoms. The van der Waals surface area contributed by atoms with Crippen LogP contribution in [0.25, 0.3) is 22.3 Å². The molecule has 0 spiro atoms. The largest absolute Gasteiger partial charge is 0.0843 e. The molecule has 0 saturated carbocycles. The molecule has 0 aromatic heterocycles. The van der Waals surface area contributed by atoms with Crippen LogP contribution in [0, 0.1) is 0 Å². The Bertz CT molecular complexity index is 730. The highest BCUT2D eigenvalue weighted by Crippen LogP contribution is 2.33. The molecule has 0 amide bonds. The van der Waals surface area contributed by atoms with Crippen LogP contribution in [0.5, 0.6) is 0 Å². The highest BCUT2D eigenvalue weighted by atomic mass is 35.5. The van der Waals surface area contributed by atoms with Crippen LogP contribution in [0.4, 0.5) is 0 Å². The normalized spacial score (nSPS) is 10.5. The summed E-state index contributed by atoms with van der Waals surface area (Å²) in [6.45, 7) is 0. The van der Waals surface area contributed by atoms with Crippen molar-refractivity contribution >= 4 is 23.2 Å². The Morgan fingerprint density at radius 2 is 1.15 bits per heavy atom. The van der Waals surface area contributed by atoms with Crippen molar-refractivity contribution in [2.75, 3.05) is 0 Å². The summed E-state index contributed by atoms with van der Waals surface area (Å²) in [7, 11) is 0. The first-order valence-corrected chi connectivity index (χ1v) is 7.10. The predicted octanol–water partition coefficient (Wildman–Crippen LogP) is 6.33. The first kappa shape index (κ1) is 13.2. The van der Waals surface area contributed by atoms with Gasteiger partial charge >= 0.3 is 0 Å². The van der Waals surface area contributed by atoms with E-state index in [1.54, 1.807) is 0 Å². The molecule has 0 nitrogen and oxygen atoms in total. The number of halogens is 2. The van der Waals surface area contributed by atoms with Gasteiger partial charge in [0.1, 0.15) is 0 Å². The molecule has 0 saturated heterocycles. The molecule has 3 aromatic carbocycles. The Morgan fingerprint density at radius 3 is 1.80 bits per heavy atom. The van der Waals surface area contributed by atoms with Gasteiger partial charge < -0.3 is 0 Å². The SMILES string of the molecule is Clc1ccc(-c2ccccc2-c2cccc(Cl)c2)cc1. The minimum Gasteiger partial charge on any atom is -0.0843 e. The van der Waals surface area contributed by atoms with E-state index in [2.05, 4.69) is 18.2 Å². The maximum atomic E-state index is 6.10. The third-order valence-corrected chi connectivity index (χ3v) is 3.70. The zero-order valence-electron chi connectivity index (χ0n) is 10.7. The van der Waals surface area contributed by atoms with Crippen LogP contribution >= 0.6 is 23.2 Å². The van der Waals surface area contributed by atoms with Crippen molar-refractivity contribution in [3.63, 3.8) is 0 Å². The monoisotopic (exact) mass is 298 g/mol. The Hall–Kier alpha value is -1.76. The highest BCUT2D eigenvalue weighted by molar-refractivity contribution is 6.31. The molecular formula is C18H12Cl2. The lowest BCUT2D eigenvalue weighted by Gasteiger charge is -2.10. The number of hydrogen-bond donors (Lipinski definition) is 0. The number of rotatable bonds is 2. The zero-order chi connectivity index (χ0) is 13.9. The van der Waals surface area contributed by atoms with E-state index in [0.717, 1.165) is 26.7 Å². The molecule has 3 rings (SSSR count). The van der Waals surface area contributed by atoms with Crippen molar-refractivity contribution < 1.29 is 0 Å². The van der Waals surface area contributed by atoms with Gasteiger partial charge in [-0.15, -0.1) is 0 Å². The Balaban J connectivity index is 2.16. The number of benzene rings is 3. The van der Waals surface area contributed by atoms with Crippen LogP contribution < -0.4 is 0 Å². The van der Waals surface area contributed by atoms with Gasteiger partial charge in [0, 0.05) is 10.0 Å². The average molecular weight is 299 g/mol. The fourth-order valence-corrected chi connectivity index (χ4v) is 2.59. The van der Waals surface area contributed by atoms with E-state index < -0.39 is 0 Å². The van der Waals surface area contributed by atoms with Gasteiger partial charge in [0.2, 0.25) is 0 Å². The molecule has 3 aromatic rings. The summed E-state index contributed by atoms with van der Waals surface area (Å²) in [4.78, 5) is 0. The van der Waals surface area contributed by atoms with E-state index in [1.807, 2.05) is 54.6 Å². The second-order valence-electron chi connectivity index (χ2n) is 4.56. The summed E-state index contributed by atoms with van der Waals surface area (Å²) in [6, 6.07) is 24.1. The third-order valence-electron chi connectivity index (χ3n) is 3.22. The fourth-order valence-electron chi connectivity index (χ4n) is 2.27. The molecule has 0 radical (unpaired) electrons.